The van der Waals surface area contributed by atoms with E-state index >= 15 is 0 Å². The van der Waals surface area contributed by atoms with Crippen molar-refractivity contribution in [1.82, 2.24) is 24.1 Å². The Bertz CT molecular complexity index is 1070. The van der Waals surface area contributed by atoms with Gasteiger partial charge < -0.3 is 0 Å². The van der Waals surface area contributed by atoms with Gasteiger partial charge in [-0.15, -0.1) is 10.2 Å². The molecule has 0 N–H and O–H groups in total. The fourth-order valence-corrected chi connectivity index (χ4v) is 4.23. The van der Waals surface area contributed by atoms with Crippen molar-refractivity contribution in [1.29, 1.82) is 0 Å². The fourth-order valence-electron chi connectivity index (χ4n) is 2.73. The van der Waals surface area contributed by atoms with E-state index in [0.717, 1.165) is 16.9 Å². The Morgan fingerprint density at radius 3 is 2.57 bits per heavy atom. The van der Waals surface area contributed by atoms with Crippen molar-refractivity contribution in [3.63, 3.8) is 0 Å². The molecule has 0 amide bonds. The smallest absolute Gasteiger partial charge is 0.210 e. The van der Waals surface area contributed by atoms with Gasteiger partial charge in [0.1, 0.15) is 5.69 Å². The number of rotatable bonds is 7. The van der Waals surface area contributed by atoms with Crippen LogP contribution in [0.2, 0.25) is 0 Å². The first-order chi connectivity index (χ1) is 13.3. The van der Waals surface area contributed by atoms with Gasteiger partial charge in [-0.05, 0) is 37.6 Å². The van der Waals surface area contributed by atoms with Gasteiger partial charge in [0.15, 0.2) is 11.0 Å². The topological polar surface area (TPSA) is 81.0 Å². The van der Waals surface area contributed by atoms with Crippen molar-refractivity contribution in [3.8, 4) is 17.2 Å². The van der Waals surface area contributed by atoms with Crippen molar-refractivity contribution in [2.75, 3.05) is 25.6 Å². The summed E-state index contributed by atoms with van der Waals surface area (Å²) in [4.78, 5) is 4.42. The maximum absolute atomic E-state index is 11.6. The number of thioether (sulfide) groups is 1. The second-order valence-electron chi connectivity index (χ2n) is 6.58. The van der Waals surface area contributed by atoms with Crippen molar-refractivity contribution < 1.29 is 8.42 Å². The van der Waals surface area contributed by atoms with Gasteiger partial charge in [-0.2, -0.15) is 0 Å². The largest absolute Gasteiger partial charge is 0.268 e. The molecule has 0 aliphatic heterocycles. The minimum absolute atomic E-state index is 0.391. The third-order valence-electron chi connectivity index (χ3n) is 4.32. The Morgan fingerprint density at radius 1 is 1.14 bits per heavy atom. The number of pyridine rings is 1. The predicted molar refractivity (Wildman–Crippen MR) is 112 cm³/mol. The van der Waals surface area contributed by atoms with Crippen LogP contribution in [0.1, 0.15) is 11.1 Å². The number of hydrogen-bond acceptors (Lipinski definition) is 6. The van der Waals surface area contributed by atoms with Gasteiger partial charge in [-0.25, -0.2) is 12.7 Å². The minimum atomic E-state index is -3.20. The Morgan fingerprint density at radius 2 is 1.93 bits per heavy atom. The molecule has 0 saturated heterocycles. The normalized spacial score (nSPS) is 11.9. The van der Waals surface area contributed by atoms with Crippen LogP contribution in [-0.2, 0) is 10.0 Å². The van der Waals surface area contributed by atoms with Gasteiger partial charge in [-0.1, -0.05) is 35.5 Å². The number of sulfonamides is 1. The first-order valence-corrected chi connectivity index (χ1v) is 11.6. The third kappa shape index (κ3) is 4.60. The van der Waals surface area contributed by atoms with Crippen molar-refractivity contribution in [2.24, 2.45) is 0 Å². The molecule has 7 nitrogen and oxygen atoms in total. The van der Waals surface area contributed by atoms with Gasteiger partial charge in [0, 0.05) is 25.5 Å². The molecule has 0 unspecified atom stereocenters. The van der Waals surface area contributed by atoms with Gasteiger partial charge in [-0.3, -0.25) is 9.55 Å². The Kier molecular flexibility index (Phi) is 6.17. The predicted octanol–water partition coefficient (Wildman–Crippen LogP) is 2.93. The van der Waals surface area contributed by atoms with Gasteiger partial charge in [0.25, 0.3) is 0 Å². The van der Waals surface area contributed by atoms with Crippen LogP contribution in [0.15, 0.2) is 47.8 Å². The van der Waals surface area contributed by atoms with Crippen LogP contribution in [0, 0.1) is 13.8 Å². The van der Waals surface area contributed by atoms with E-state index in [0.29, 0.717) is 23.3 Å². The number of aromatic nitrogens is 4. The monoisotopic (exact) mass is 417 g/mol. The summed E-state index contributed by atoms with van der Waals surface area (Å²) in [7, 11) is -1.63. The Hall–Kier alpha value is -2.23. The highest BCUT2D eigenvalue weighted by molar-refractivity contribution is 7.99. The van der Waals surface area contributed by atoms with Crippen LogP contribution in [0.4, 0.5) is 0 Å². The highest BCUT2D eigenvalue weighted by atomic mass is 32.2. The van der Waals surface area contributed by atoms with Crippen molar-refractivity contribution in [2.45, 2.75) is 19.0 Å². The van der Waals surface area contributed by atoms with Crippen LogP contribution in [0.25, 0.3) is 17.2 Å². The molecule has 0 radical (unpaired) electrons. The molecule has 0 spiro atoms. The maximum atomic E-state index is 11.6. The number of nitrogens with zero attached hydrogens (tertiary/aromatic N) is 5. The molecule has 2 heterocycles. The van der Waals surface area contributed by atoms with E-state index in [1.165, 1.54) is 27.9 Å². The fraction of sp³-hybridized carbons (Fsp3) is 0.316. The van der Waals surface area contributed by atoms with Crippen LogP contribution in [-0.4, -0.2) is 58.1 Å². The summed E-state index contributed by atoms with van der Waals surface area (Å²) in [6.07, 6.45) is 2.93. The van der Waals surface area contributed by atoms with Crippen LogP contribution >= 0.6 is 11.8 Å². The van der Waals surface area contributed by atoms with E-state index in [4.69, 9.17) is 0 Å². The molecule has 9 heteroatoms. The average molecular weight is 418 g/mol. The Labute approximate surface area is 169 Å². The summed E-state index contributed by atoms with van der Waals surface area (Å²) in [5.74, 6) is 1.22. The standard InChI is InChI=1S/C19H23N5O2S2/c1-14-8-9-17(15(2)13-14)24-18(16-7-5-6-10-20-16)21-22-19(24)27-12-11-23(3)28(4,25)26/h5-10,13H,11-12H2,1-4H3. The minimum Gasteiger partial charge on any atom is -0.268 e. The highest BCUT2D eigenvalue weighted by Crippen LogP contribution is 2.29. The van der Waals surface area contributed by atoms with Crippen molar-refractivity contribution >= 4 is 21.8 Å². The number of benzene rings is 1. The molecule has 2 aromatic heterocycles. The molecule has 0 aliphatic carbocycles. The second kappa shape index (κ2) is 8.42. The van der Waals surface area contributed by atoms with E-state index in [2.05, 4.69) is 41.2 Å². The second-order valence-corrected chi connectivity index (χ2v) is 9.73. The molecule has 0 saturated carbocycles. The summed E-state index contributed by atoms with van der Waals surface area (Å²) in [6, 6.07) is 11.9. The lowest BCUT2D eigenvalue weighted by molar-refractivity contribution is 0.494. The highest BCUT2D eigenvalue weighted by Gasteiger charge is 2.19. The zero-order valence-corrected chi connectivity index (χ0v) is 18.0. The zero-order valence-electron chi connectivity index (χ0n) is 16.3. The molecule has 3 rings (SSSR count). The summed E-state index contributed by atoms with van der Waals surface area (Å²) in [5, 5.41) is 9.43. The van der Waals surface area contributed by atoms with Crippen LogP contribution < -0.4 is 0 Å². The van der Waals surface area contributed by atoms with Crippen LogP contribution in [0.3, 0.4) is 0 Å². The zero-order chi connectivity index (χ0) is 20.3. The SMILES string of the molecule is Cc1ccc(-n2c(SCCN(C)S(C)(=O)=O)nnc2-c2ccccn2)c(C)c1. The van der Waals surface area contributed by atoms with Gasteiger partial charge in [0.05, 0.1) is 11.9 Å². The Balaban J connectivity index is 1.98. The first-order valence-electron chi connectivity index (χ1n) is 8.76. The molecule has 0 fully saturated rings. The lowest BCUT2D eigenvalue weighted by Crippen LogP contribution is -2.27. The summed E-state index contributed by atoms with van der Waals surface area (Å²) in [5.41, 5.74) is 4.00. The summed E-state index contributed by atoms with van der Waals surface area (Å²) < 4.78 is 26.5. The van der Waals surface area contributed by atoms with Gasteiger partial charge in [0.2, 0.25) is 10.0 Å². The van der Waals surface area contributed by atoms with E-state index < -0.39 is 10.0 Å². The molecular formula is C19H23N5O2S2. The lowest BCUT2D eigenvalue weighted by atomic mass is 10.1. The lowest BCUT2D eigenvalue weighted by Gasteiger charge is -2.15. The molecule has 1 aromatic carbocycles. The molecule has 3 aromatic rings. The number of hydrogen-bond donors (Lipinski definition) is 0. The molecule has 0 bridgehead atoms. The first kappa shape index (κ1) is 20.5. The molecule has 148 valence electrons. The van der Waals surface area contributed by atoms with Crippen molar-refractivity contribution in [3.05, 3.63) is 53.7 Å². The molecule has 0 aliphatic rings. The van der Waals surface area contributed by atoms with E-state index in [9.17, 15) is 8.42 Å². The molecular weight excluding hydrogens is 394 g/mol. The quantitative estimate of drug-likeness (QED) is 0.550. The number of aryl methyl sites for hydroxylation is 2. The van der Waals surface area contributed by atoms with Gasteiger partial charge >= 0.3 is 0 Å². The summed E-state index contributed by atoms with van der Waals surface area (Å²) in [6.45, 7) is 4.50. The van der Waals surface area contributed by atoms with E-state index in [1.54, 1.807) is 13.2 Å². The maximum Gasteiger partial charge on any atom is 0.210 e. The van der Waals surface area contributed by atoms with Crippen LogP contribution in [0.5, 0.6) is 0 Å². The molecule has 28 heavy (non-hydrogen) atoms. The van der Waals surface area contributed by atoms with E-state index in [-0.39, 0.29) is 0 Å². The third-order valence-corrected chi connectivity index (χ3v) is 6.55. The summed E-state index contributed by atoms with van der Waals surface area (Å²) >= 11 is 1.47. The van der Waals surface area contributed by atoms with E-state index in [1.807, 2.05) is 28.8 Å². The average Bonchev–Trinajstić information content (AvgIpc) is 3.05. The molecule has 0 atom stereocenters.